The summed E-state index contributed by atoms with van der Waals surface area (Å²) >= 11 is 1.73. The minimum Gasteiger partial charge on any atom is -0.479 e. The molecule has 20 heavy (non-hydrogen) atoms. The van der Waals surface area contributed by atoms with Crippen molar-refractivity contribution in [3.8, 4) is 0 Å². The molecule has 1 aliphatic rings. The number of carboxylic acid groups (broad SMARTS) is 1. The molecule has 0 aliphatic heterocycles. The molecular formula is C14H26N2O3S. The first kappa shape index (κ1) is 17.1. The first-order valence-electron chi connectivity index (χ1n) is 7.23. The van der Waals surface area contributed by atoms with Crippen molar-refractivity contribution in [2.45, 2.75) is 45.1 Å². The Morgan fingerprint density at radius 1 is 1.30 bits per heavy atom. The number of carboxylic acids is 1. The summed E-state index contributed by atoms with van der Waals surface area (Å²) in [6.07, 6.45) is 5.60. The minimum absolute atomic E-state index is 0.0549. The lowest BCUT2D eigenvalue weighted by molar-refractivity contribution is -0.151. The number of thioether (sulfide) groups is 1. The van der Waals surface area contributed by atoms with Crippen LogP contribution in [0.2, 0.25) is 0 Å². The van der Waals surface area contributed by atoms with Crippen LogP contribution in [0.3, 0.4) is 0 Å². The molecule has 0 spiro atoms. The summed E-state index contributed by atoms with van der Waals surface area (Å²) in [7, 11) is 0. The van der Waals surface area contributed by atoms with Crippen molar-refractivity contribution in [1.82, 2.24) is 10.6 Å². The second-order valence-corrected chi connectivity index (χ2v) is 6.62. The highest BCUT2D eigenvalue weighted by Gasteiger charge is 2.51. The van der Waals surface area contributed by atoms with E-state index in [0.717, 1.165) is 31.4 Å². The normalized spacial score (nSPS) is 29.8. The Hall–Kier alpha value is -0.910. The lowest BCUT2D eigenvalue weighted by atomic mass is 9.67. The Bertz CT molecular complexity index is 339. The third-order valence-corrected chi connectivity index (χ3v) is 5.01. The van der Waals surface area contributed by atoms with Gasteiger partial charge in [0.05, 0.1) is 0 Å². The van der Waals surface area contributed by atoms with E-state index < -0.39 is 11.5 Å². The van der Waals surface area contributed by atoms with E-state index >= 15 is 0 Å². The van der Waals surface area contributed by atoms with Crippen molar-refractivity contribution in [2.24, 2.45) is 11.8 Å². The number of amides is 2. The van der Waals surface area contributed by atoms with Crippen molar-refractivity contribution < 1.29 is 14.7 Å². The average molecular weight is 302 g/mol. The van der Waals surface area contributed by atoms with Crippen molar-refractivity contribution in [3.63, 3.8) is 0 Å². The van der Waals surface area contributed by atoms with E-state index in [4.69, 9.17) is 0 Å². The molecule has 1 saturated carbocycles. The number of rotatable bonds is 6. The Kier molecular flexibility index (Phi) is 6.65. The van der Waals surface area contributed by atoms with Gasteiger partial charge >= 0.3 is 12.0 Å². The van der Waals surface area contributed by atoms with Crippen LogP contribution in [-0.4, -0.2) is 41.2 Å². The fourth-order valence-corrected chi connectivity index (χ4v) is 3.48. The van der Waals surface area contributed by atoms with Crippen LogP contribution in [-0.2, 0) is 4.79 Å². The summed E-state index contributed by atoms with van der Waals surface area (Å²) in [5.74, 6) is -0.0465. The monoisotopic (exact) mass is 302 g/mol. The Labute approximate surface area is 125 Å². The van der Waals surface area contributed by atoms with Gasteiger partial charge in [-0.3, -0.25) is 0 Å². The predicted octanol–water partition coefficient (Wildman–Crippen LogP) is 2.32. The van der Waals surface area contributed by atoms with E-state index in [-0.39, 0.29) is 17.9 Å². The van der Waals surface area contributed by atoms with E-state index in [0.29, 0.717) is 6.54 Å². The SMILES string of the molecule is CSCCCNC(=O)NC1(C(=O)O)C(C)CCCC1C. The number of nitrogens with one attached hydrogen (secondary N) is 2. The van der Waals surface area contributed by atoms with E-state index in [2.05, 4.69) is 10.6 Å². The molecule has 5 nitrogen and oxygen atoms in total. The quantitative estimate of drug-likeness (QED) is 0.658. The lowest BCUT2D eigenvalue weighted by Gasteiger charge is -2.44. The van der Waals surface area contributed by atoms with Crippen molar-refractivity contribution in [3.05, 3.63) is 0 Å². The fourth-order valence-electron chi connectivity index (χ4n) is 3.04. The van der Waals surface area contributed by atoms with Gasteiger partial charge in [0.2, 0.25) is 0 Å². The highest BCUT2D eigenvalue weighted by Crippen LogP contribution is 2.38. The largest absolute Gasteiger partial charge is 0.479 e. The van der Waals surface area contributed by atoms with Gasteiger partial charge in [-0.1, -0.05) is 20.3 Å². The van der Waals surface area contributed by atoms with Gasteiger partial charge in [-0.25, -0.2) is 9.59 Å². The number of aliphatic carboxylic acids is 1. The molecule has 3 N–H and O–H groups in total. The predicted molar refractivity (Wildman–Crippen MR) is 82.1 cm³/mol. The summed E-state index contributed by atoms with van der Waals surface area (Å²) in [6.45, 7) is 4.40. The van der Waals surface area contributed by atoms with Crippen molar-refractivity contribution >= 4 is 23.8 Å². The Morgan fingerprint density at radius 3 is 2.40 bits per heavy atom. The zero-order chi connectivity index (χ0) is 15.2. The van der Waals surface area contributed by atoms with Crippen LogP contribution in [0.25, 0.3) is 0 Å². The maximum Gasteiger partial charge on any atom is 0.330 e. The zero-order valence-electron chi connectivity index (χ0n) is 12.6. The highest BCUT2D eigenvalue weighted by molar-refractivity contribution is 7.98. The van der Waals surface area contributed by atoms with E-state index in [1.54, 1.807) is 11.8 Å². The number of urea groups is 1. The van der Waals surface area contributed by atoms with Gasteiger partial charge in [0, 0.05) is 6.54 Å². The molecular weight excluding hydrogens is 276 g/mol. The van der Waals surface area contributed by atoms with Crippen molar-refractivity contribution in [1.29, 1.82) is 0 Å². The van der Waals surface area contributed by atoms with Gasteiger partial charge in [0.25, 0.3) is 0 Å². The second kappa shape index (κ2) is 7.76. The number of hydrogen-bond donors (Lipinski definition) is 3. The van der Waals surface area contributed by atoms with Crippen molar-refractivity contribution in [2.75, 3.05) is 18.6 Å². The fraction of sp³-hybridized carbons (Fsp3) is 0.857. The molecule has 0 aromatic rings. The molecule has 116 valence electrons. The molecule has 0 saturated heterocycles. The molecule has 0 radical (unpaired) electrons. The summed E-state index contributed by atoms with van der Waals surface area (Å²) in [5, 5.41) is 15.2. The Balaban J connectivity index is 2.66. The van der Waals surface area contributed by atoms with Gasteiger partial charge in [-0.05, 0) is 43.1 Å². The third-order valence-electron chi connectivity index (χ3n) is 4.31. The molecule has 1 aliphatic carbocycles. The average Bonchev–Trinajstić information content (AvgIpc) is 2.39. The van der Waals surface area contributed by atoms with Gasteiger partial charge in [0.1, 0.15) is 5.54 Å². The van der Waals surface area contributed by atoms with Crippen LogP contribution in [0.5, 0.6) is 0 Å². The van der Waals surface area contributed by atoms with Gasteiger partial charge in [0.15, 0.2) is 0 Å². The zero-order valence-corrected chi connectivity index (χ0v) is 13.4. The molecule has 0 heterocycles. The van der Waals surface area contributed by atoms with Gasteiger partial charge in [-0.15, -0.1) is 0 Å². The van der Waals surface area contributed by atoms with Crippen LogP contribution < -0.4 is 10.6 Å². The maximum absolute atomic E-state index is 12.0. The molecule has 0 aromatic heterocycles. The first-order valence-corrected chi connectivity index (χ1v) is 8.62. The second-order valence-electron chi connectivity index (χ2n) is 5.63. The smallest absolute Gasteiger partial charge is 0.330 e. The number of carbonyl (C=O) groups excluding carboxylic acids is 1. The first-order chi connectivity index (χ1) is 9.45. The van der Waals surface area contributed by atoms with E-state index in [9.17, 15) is 14.7 Å². The lowest BCUT2D eigenvalue weighted by Crippen LogP contribution is -2.65. The summed E-state index contributed by atoms with van der Waals surface area (Å²) in [6, 6.07) is -0.367. The van der Waals surface area contributed by atoms with Crippen LogP contribution in [0, 0.1) is 11.8 Å². The number of hydrogen-bond acceptors (Lipinski definition) is 3. The molecule has 2 atom stereocenters. The van der Waals surface area contributed by atoms with Gasteiger partial charge < -0.3 is 15.7 Å². The molecule has 1 fully saturated rings. The van der Waals surface area contributed by atoms with E-state index in [1.165, 1.54) is 0 Å². The maximum atomic E-state index is 12.0. The molecule has 1 rings (SSSR count). The molecule has 6 heteroatoms. The topological polar surface area (TPSA) is 78.4 Å². The minimum atomic E-state index is -1.14. The van der Waals surface area contributed by atoms with Crippen LogP contribution >= 0.6 is 11.8 Å². The van der Waals surface area contributed by atoms with Crippen LogP contribution in [0.4, 0.5) is 4.79 Å². The van der Waals surface area contributed by atoms with Gasteiger partial charge in [-0.2, -0.15) is 11.8 Å². The molecule has 0 bridgehead atoms. The Morgan fingerprint density at radius 2 is 1.90 bits per heavy atom. The summed E-state index contributed by atoms with van der Waals surface area (Å²) in [5.41, 5.74) is -1.14. The van der Waals surface area contributed by atoms with E-state index in [1.807, 2.05) is 20.1 Å². The number of carbonyl (C=O) groups is 2. The highest BCUT2D eigenvalue weighted by atomic mass is 32.2. The molecule has 2 amide bonds. The molecule has 0 aromatic carbocycles. The third kappa shape index (κ3) is 3.81. The van der Waals surface area contributed by atoms with Crippen LogP contribution in [0.1, 0.15) is 39.5 Å². The summed E-state index contributed by atoms with van der Waals surface area (Å²) < 4.78 is 0. The standard InChI is InChI=1S/C14H26N2O3S/c1-10-6-4-7-11(2)14(10,12(17)18)16-13(19)15-8-5-9-20-3/h10-11H,4-9H2,1-3H3,(H,17,18)(H2,15,16,19). The van der Waals surface area contributed by atoms with Crippen LogP contribution in [0.15, 0.2) is 0 Å². The summed E-state index contributed by atoms with van der Waals surface area (Å²) in [4.78, 5) is 23.7. The molecule has 2 unspecified atom stereocenters.